The average molecular weight is 530 g/mol. The molecule has 0 aromatic heterocycles. The summed E-state index contributed by atoms with van der Waals surface area (Å²) in [5.41, 5.74) is 0.995. The molecule has 0 fully saturated rings. The predicted octanol–water partition coefficient (Wildman–Crippen LogP) is 4.22. The quantitative estimate of drug-likeness (QED) is 0.254. The zero-order valence-corrected chi connectivity index (χ0v) is 21.9. The van der Waals surface area contributed by atoms with E-state index in [9.17, 15) is 19.5 Å². The third-order valence-electron chi connectivity index (χ3n) is 5.58. The number of rotatable bonds is 16. The molecule has 200 valence electrons. The number of carboxylic acids is 2. The van der Waals surface area contributed by atoms with Crippen LogP contribution < -0.4 is 10.1 Å². The second kappa shape index (κ2) is 15.1. The van der Waals surface area contributed by atoms with Crippen molar-refractivity contribution in [1.29, 1.82) is 0 Å². The molecule has 0 aliphatic rings. The molecule has 0 aliphatic carbocycles. The number of para-hydroxylation sites is 1. The number of carbonyl (C=O) groups excluding carboxylic acids is 1. The van der Waals surface area contributed by atoms with Gasteiger partial charge in [0.25, 0.3) is 0 Å². The number of hydrogen-bond donors (Lipinski definition) is 4. The van der Waals surface area contributed by atoms with Gasteiger partial charge in [0.05, 0.1) is 11.5 Å². The Kier molecular flexibility index (Phi) is 12.2. The van der Waals surface area contributed by atoms with Crippen molar-refractivity contribution < 1.29 is 34.4 Å². The summed E-state index contributed by atoms with van der Waals surface area (Å²) in [4.78, 5) is 34.2. The number of ether oxygens (including phenoxy) is 1. The van der Waals surface area contributed by atoms with E-state index in [1.165, 1.54) is 11.8 Å². The summed E-state index contributed by atoms with van der Waals surface area (Å²) >= 11 is 1.37. The number of thioether (sulfide) groups is 1. The highest BCUT2D eigenvalue weighted by molar-refractivity contribution is 8.00. The van der Waals surface area contributed by atoms with Gasteiger partial charge in [0.1, 0.15) is 18.9 Å². The van der Waals surface area contributed by atoms with Crippen molar-refractivity contribution >= 4 is 35.7 Å². The van der Waals surface area contributed by atoms with Crippen LogP contribution in [0.3, 0.4) is 0 Å². The monoisotopic (exact) mass is 529 g/mol. The number of carbonyl (C=O) groups is 3. The maximum Gasteiger partial charge on any atom is 0.322 e. The summed E-state index contributed by atoms with van der Waals surface area (Å²) in [6, 6.07) is 17.2. The van der Waals surface area contributed by atoms with E-state index in [2.05, 4.69) is 5.32 Å². The molecule has 9 heteroatoms. The fourth-order valence-corrected chi connectivity index (χ4v) is 4.68. The van der Waals surface area contributed by atoms with Crippen LogP contribution in [0.4, 0.5) is 0 Å². The van der Waals surface area contributed by atoms with Gasteiger partial charge in [0.15, 0.2) is 0 Å². The summed E-state index contributed by atoms with van der Waals surface area (Å²) in [6.45, 7) is 3.33. The number of aliphatic hydroxyl groups is 1. The van der Waals surface area contributed by atoms with Gasteiger partial charge in [-0.15, -0.1) is 0 Å². The minimum atomic E-state index is -1.12. The maximum atomic E-state index is 12.5. The van der Waals surface area contributed by atoms with E-state index in [1.807, 2.05) is 66.7 Å². The van der Waals surface area contributed by atoms with E-state index in [1.54, 1.807) is 13.8 Å². The lowest BCUT2D eigenvalue weighted by Gasteiger charge is -2.27. The lowest BCUT2D eigenvalue weighted by molar-refractivity contribution is -0.139. The molecule has 8 nitrogen and oxygen atoms in total. The summed E-state index contributed by atoms with van der Waals surface area (Å²) in [6.07, 6.45) is 3.51. The minimum Gasteiger partial charge on any atom is -0.489 e. The zero-order valence-electron chi connectivity index (χ0n) is 21.1. The first-order valence-corrected chi connectivity index (χ1v) is 13.1. The molecular weight excluding hydrogens is 494 g/mol. The Morgan fingerprint density at radius 1 is 1.03 bits per heavy atom. The summed E-state index contributed by atoms with van der Waals surface area (Å²) in [5.74, 6) is -1.36. The van der Waals surface area contributed by atoms with Gasteiger partial charge in [-0.2, -0.15) is 11.8 Å². The van der Waals surface area contributed by atoms with Gasteiger partial charge in [-0.3, -0.25) is 14.4 Å². The Balaban J connectivity index is 2.14. The standard InChI is InChI=1S/C28H35NO7S/c1-28(2,27(35)29-17-26(33)34)19-37-24(23(30)13-8-14-25(31)32)16-15-20-9-6-7-10-21(20)18-36-22-11-4-3-5-12-22/h3-7,9-12,15-16,23-24,30H,8,13-14,17-19H2,1-2H3,(H,29,35)(H,31,32)(H,33,34)/b16-15-. The Labute approximate surface area is 221 Å². The number of benzene rings is 2. The van der Waals surface area contributed by atoms with E-state index in [0.717, 1.165) is 16.9 Å². The van der Waals surface area contributed by atoms with E-state index in [0.29, 0.717) is 25.2 Å². The van der Waals surface area contributed by atoms with Crippen molar-refractivity contribution in [2.75, 3.05) is 12.3 Å². The van der Waals surface area contributed by atoms with Gasteiger partial charge < -0.3 is 25.4 Å². The first-order valence-electron chi connectivity index (χ1n) is 12.0. The zero-order chi connectivity index (χ0) is 27.3. The molecule has 0 spiro atoms. The van der Waals surface area contributed by atoms with Crippen LogP contribution in [0.2, 0.25) is 0 Å². The molecule has 4 N–H and O–H groups in total. The molecule has 2 atom stereocenters. The number of amides is 1. The number of carboxylic acid groups (broad SMARTS) is 2. The number of hydrogen-bond acceptors (Lipinski definition) is 6. The van der Waals surface area contributed by atoms with Gasteiger partial charge in [-0.1, -0.05) is 68.5 Å². The van der Waals surface area contributed by atoms with E-state index >= 15 is 0 Å². The van der Waals surface area contributed by atoms with Crippen molar-refractivity contribution in [1.82, 2.24) is 5.32 Å². The number of nitrogens with one attached hydrogen (secondary N) is 1. The largest absolute Gasteiger partial charge is 0.489 e. The first-order chi connectivity index (χ1) is 17.6. The second-order valence-electron chi connectivity index (χ2n) is 9.25. The summed E-state index contributed by atoms with van der Waals surface area (Å²) in [5, 5.41) is 30.6. The normalized spacial score (nSPS) is 13.2. The van der Waals surface area contributed by atoms with Crippen molar-refractivity contribution in [3.05, 3.63) is 71.8 Å². The van der Waals surface area contributed by atoms with Crippen LogP contribution in [0, 0.1) is 5.41 Å². The van der Waals surface area contributed by atoms with Crippen LogP contribution in [-0.4, -0.2) is 56.8 Å². The fourth-order valence-electron chi connectivity index (χ4n) is 3.39. The molecule has 0 radical (unpaired) electrons. The smallest absolute Gasteiger partial charge is 0.322 e. The summed E-state index contributed by atoms with van der Waals surface area (Å²) in [7, 11) is 0. The molecule has 2 aromatic carbocycles. The molecule has 2 rings (SSSR count). The van der Waals surface area contributed by atoms with Crippen LogP contribution in [0.1, 0.15) is 44.2 Å². The first kappa shape index (κ1) is 29.9. The Hall–Kier alpha value is -3.30. The van der Waals surface area contributed by atoms with Crippen LogP contribution in [0.15, 0.2) is 60.7 Å². The Bertz CT molecular complexity index is 1060. The molecule has 0 saturated heterocycles. The van der Waals surface area contributed by atoms with Gasteiger partial charge in [0.2, 0.25) is 5.91 Å². The Morgan fingerprint density at radius 3 is 2.38 bits per heavy atom. The van der Waals surface area contributed by atoms with Crippen LogP contribution in [0.5, 0.6) is 5.75 Å². The molecule has 0 bridgehead atoms. The summed E-state index contributed by atoms with van der Waals surface area (Å²) < 4.78 is 5.89. The molecule has 0 saturated carbocycles. The highest BCUT2D eigenvalue weighted by Gasteiger charge is 2.30. The lowest BCUT2D eigenvalue weighted by Crippen LogP contribution is -2.41. The van der Waals surface area contributed by atoms with Crippen molar-refractivity contribution in [2.45, 2.75) is 51.1 Å². The van der Waals surface area contributed by atoms with Crippen molar-refractivity contribution in [3.8, 4) is 5.75 Å². The minimum absolute atomic E-state index is 0.0408. The topological polar surface area (TPSA) is 133 Å². The van der Waals surface area contributed by atoms with Crippen molar-refractivity contribution in [2.24, 2.45) is 5.41 Å². The molecule has 1 amide bonds. The van der Waals surface area contributed by atoms with Gasteiger partial charge in [-0.05, 0) is 36.1 Å². The molecule has 2 aromatic rings. The molecule has 2 unspecified atom stereocenters. The van der Waals surface area contributed by atoms with Gasteiger partial charge in [-0.25, -0.2) is 0 Å². The van der Waals surface area contributed by atoms with Crippen molar-refractivity contribution in [3.63, 3.8) is 0 Å². The van der Waals surface area contributed by atoms with Gasteiger partial charge in [0, 0.05) is 17.4 Å². The molecule has 37 heavy (non-hydrogen) atoms. The van der Waals surface area contributed by atoms with E-state index in [-0.39, 0.29) is 6.42 Å². The number of aliphatic hydroxyl groups excluding tert-OH is 1. The molecular formula is C28H35NO7S. The number of aliphatic carboxylic acids is 2. The maximum absolute atomic E-state index is 12.5. The van der Waals surface area contributed by atoms with E-state index < -0.39 is 41.2 Å². The highest BCUT2D eigenvalue weighted by atomic mass is 32.2. The second-order valence-corrected chi connectivity index (χ2v) is 10.4. The van der Waals surface area contributed by atoms with Crippen LogP contribution in [0.25, 0.3) is 6.08 Å². The fraction of sp³-hybridized carbons (Fsp3) is 0.393. The lowest BCUT2D eigenvalue weighted by atomic mass is 9.95. The predicted molar refractivity (Wildman–Crippen MR) is 144 cm³/mol. The SMILES string of the molecule is CC(C)(CSC(/C=C\c1ccccc1COc1ccccc1)C(O)CCCC(=O)O)C(=O)NCC(=O)O. The van der Waals surface area contributed by atoms with Crippen LogP contribution in [-0.2, 0) is 21.0 Å². The highest BCUT2D eigenvalue weighted by Crippen LogP contribution is 2.29. The van der Waals surface area contributed by atoms with E-state index in [4.69, 9.17) is 14.9 Å². The van der Waals surface area contributed by atoms with Gasteiger partial charge >= 0.3 is 11.9 Å². The molecule has 0 aliphatic heterocycles. The molecule has 0 heterocycles. The third kappa shape index (κ3) is 11.1. The average Bonchev–Trinajstić information content (AvgIpc) is 2.86. The third-order valence-corrected chi connectivity index (χ3v) is 7.32. The Morgan fingerprint density at radius 2 is 1.70 bits per heavy atom. The van der Waals surface area contributed by atoms with Crippen LogP contribution >= 0.6 is 11.8 Å².